The van der Waals surface area contributed by atoms with Crippen LogP contribution in [0.3, 0.4) is 0 Å². The molecule has 13 heavy (non-hydrogen) atoms. The van der Waals surface area contributed by atoms with Crippen molar-refractivity contribution in [1.82, 2.24) is 5.32 Å². The zero-order chi connectivity index (χ0) is 9.84. The molecule has 2 unspecified atom stereocenters. The van der Waals surface area contributed by atoms with E-state index in [1.54, 1.807) is 6.92 Å². The van der Waals surface area contributed by atoms with Crippen molar-refractivity contribution < 1.29 is 4.39 Å². The number of hydrogen-bond acceptors (Lipinski definition) is 1. The van der Waals surface area contributed by atoms with Gasteiger partial charge in [0, 0.05) is 6.04 Å². The molecule has 0 amide bonds. The average Bonchev–Trinajstić information content (AvgIpc) is 2.17. The lowest BCUT2D eigenvalue weighted by molar-refractivity contribution is 0.374. The Morgan fingerprint density at radius 2 is 1.54 bits per heavy atom. The summed E-state index contributed by atoms with van der Waals surface area (Å²) in [4.78, 5) is 0. The molecule has 0 saturated carbocycles. The Bertz CT molecular complexity index is 253. The molecule has 2 heteroatoms. The van der Waals surface area contributed by atoms with Gasteiger partial charge in [0.1, 0.15) is 6.17 Å². The monoisotopic (exact) mass is 181 g/mol. The Balaban J connectivity index is 2.81. The predicted octanol–water partition coefficient (Wildman–Crippen LogP) is 3.00. The lowest BCUT2D eigenvalue weighted by atomic mass is 10.0. The maximum Gasteiger partial charge on any atom is 0.122 e. The zero-order valence-corrected chi connectivity index (χ0v) is 8.34. The average molecular weight is 181 g/mol. The Morgan fingerprint density at radius 1 is 1.08 bits per heavy atom. The second-order valence-electron chi connectivity index (χ2n) is 3.29. The summed E-state index contributed by atoms with van der Waals surface area (Å²) in [6, 6.07) is 7.94. The molecule has 0 spiro atoms. The van der Waals surface area contributed by atoms with Crippen molar-refractivity contribution in [3.8, 4) is 0 Å². The van der Waals surface area contributed by atoms with Crippen LogP contribution in [0, 0.1) is 0 Å². The summed E-state index contributed by atoms with van der Waals surface area (Å²) >= 11 is 0. The number of benzene rings is 1. The summed E-state index contributed by atoms with van der Waals surface area (Å²) in [6.07, 6.45) is -0.876. The Hall–Kier alpha value is -0.890. The van der Waals surface area contributed by atoms with Gasteiger partial charge in [-0.25, -0.2) is 4.39 Å². The van der Waals surface area contributed by atoms with E-state index in [0.29, 0.717) is 6.04 Å². The van der Waals surface area contributed by atoms with Crippen LogP contribution in [0.25, 0.3) is 0 Å². The Morgan fingerprint density at radius 3 is 1.92 bits per heavy atom. The molecule has 0 aromatic heterocycles. The van der Waals surface area contributed by atoms with Gasteiger partial charge in [0.2, 0.25) is 0 Å². The largest absolute Gasteiger partial charge is 0.313 e. The molecule has 0 saturated heterocycles. The van der Waals surface area contributed by atoms with Crippen LogP contribution in [0.4, 0.5) is 4.39 Å². The van der Waals surface area contributed by atoms with Crippen LogP contribution in [0.2, 0.25) is 0 Å². The minimum absolute atomic E-state index is 0.323. The summed E-state index contributed by atoms with van der Waals surface area (Å²) in [7, 11) is 1.91. The van der Waals surface area contributed by atoms with Crippen molar-refractivity contribution in [2.75, 3.05) is 7.05 Å². The van der Waals surface area contributed by atoms with Crippen molar-refractivity contribution in [3.63, 3.8) is 0 Å². The van der Waals surface area contributed by atoms with Crippen LogP contribution in [0.1, 0.15) is 37.2 Å². The number of alkyl halides is 1. The van der Waals surface area contributed by atoms with E-state index < -0.39 is 6.17 Å². The van der Waals surface area contributed by atoms with Crippen molar-refractivity contribution in [2.24, 2.45) is 0 Å². The van der Waals surface area contributed by atoms with Gasteiger partial charge in [-0.15, -0.1) is 0 Å². The van der Waals surface area contributed by atoms with Crippen molar-refractivity contribution >= 4 is 0 Å². The third-order valence-corrected chi connectivity index (χ3v) is 2.33. The van der Waals surface area contributed by atoms with Gasteiger partial charge in [-0.3, -0.25) is 0 Å². The fourth-order valence-electron chi connectivity index (χ4n) is 1.22. The van der Waals surface area contributed by atoms with Crippen LogP contribution >= 0.6 is 0 Å². The molecule has 0 aliphatic carbocycles. The lowest BCUT2D eigenvalue weighted by Gasteiger charge is -2.11. The topological polar surface area (TPSA) is 12.0 Å². The van der Waals surface area contributed by atoms with Gasteiger partial charge < -0.3 is 5.32 Å². The minimum atomic E-state index is -0.876. The molecule has 0 aliphatic rings. The van der Waals surface area contributed by atoms with Gasteiger partial charge in [-0.05, 0) is 32.0 Å². The van der Waals surface area contributed by atoms with E-state index in [2.05, 4.69) is 12.2 Å². The van der Waals surface area contributed by atoms with Crippen molar-refractivity contribution in [3.05, 3.63) is 35.4 Å². The highest BCUT2D eigenvalue weighted by atomic mass is 19.1. The van der Waals surface area contributed by atoms with Gasteiger partial charge in [0.05, 0.1) is 0 Å². The Labute approximate surface area is 79.0 Å². The molecular formula is C11H16FN. The first-order valence-electron chi connectivity index (χ1n) is 4.56. The van der Waals surface area contributed by atoms with E-state index in [0.717, 1.165) is 5.56 Å². The highest BCUT2D eigenvalue weighted by molar-refractivity contribution is 5.25. The van der Waals surface area contributed by atoms with Crippen LogP contribution in [-0.2, 0) is 0 Å². The van der Waals surface area contributed by atoms with Crippen LogP contribution < -0.4 is 5.32 Å². The molecule has 1 rings (SSSR count). The van der Waals surface area contributed by atoms with Gasteiger partial charge in [0.25, 0.3) is 0 Å². The first kappa shape index (κ1) is 10.2. The molecule has 1 N–H and O–H groups in total. The van der Waals surface area contributed by atoms with Crippen molar-refractivity contribution in [2.45, 2.75) is 26.1 Å². The third-order valence-electron chi connectivity index (χ3n) is 2.33. The standard InChI is InChI=1S/C11H16FN/c1-8(12)10-4-6-11(7-5-10)9(2)13-3/h4-9,13H,1-3H3. The number of rotatable bonds is 3. The first-order valence-corrected chi connectivity index (χ1v) is 4.56. The smallest absolute Gasteiger partial charge is 0.122 e. The highest BCUT2D eigenvalue weighted by Gasteiger charge is 2.04. The summed E-state index contributed by atoms with van der Waals surface area (Å²) in [5.74, 6) is 0. The van der Waals surface area contributed by atoms with E-state index in [9.17, 15) is 4.39 Å². The first-order chi connectivity index (χ1) is 6.15. The van der Waals surface area contributed by atoms with E-state index in [1.165, 1.54) is 5.56 Å². The molecule has 0 bridgehead atoms. The van der Waals surface area contributed by atoms with Gasteiger partial charge in [-0.2, -0.15) is 0 Å². The second-order valence-corrected chi connectivity index (χ2v) is 3.29. The molecular weight excluding hydrogens is 165 g/mol. The molecule has 0 aliphatic heterocycles. The molecule has 0 heterocycles. The molecule has 72 valence electrons. The molecule has 1 aromatic carbocycles. The minimum Gasteiger partial charge on any atom is -0.313 e. The molecule has 0 fully saturated rings. The highest BCUT2D eigenvalue weighted by Crippen LogP contribution is 2.19. The van der Waals surface area contributed by atoms with Gasteiger partial charge in [0.15, 0.2) is 0 Å². The van der Waals surface area contributed by atoms with E-state index in [4.69, 9.17) is 0 Å². The number of hydrogen-bond donors (Lipinski definition) is 1. The quantitative estimate of drug-likeness (QED) is 0.755. The lowest BCUT2D eigenvalue weighted by Crippen LogP contribution is -2.12. The third kappa shape index (κ3) is 2.52. The van der Waals surface area contributed by atoms with Gasteiger partial charge >= 0.3 is 0 Å². The fraction of sp³-hybridized carbons (Fsp3) is 0.455. The summed E-state index contributed by atoms with van der Waals surface area (Å²) in [5, 5.41) is 3.14. The SMILES string of the molecule is CNC(C)c1ccc(C(C)F)cc1. The maximum absolute atomic E-state index is 12.8. The summed E-state index contributed by atoms with van der Waals surface area (Å²) < 4.78 is 12.8. The Kier molecular flexibility index (Phi) is 3.43. The van der Waals surface area contributed by atoms with E-state index in [1.807, 2.05) is 31.3 Å². The van der Waals surface area contributed by atoms with Crippen LogP contribution in [0.15, 0.2) is 24.3 Å². The van der Waals surface area contributed by atoms with E-state index in [-0.39, 0.29) is 0 Å². The molecule has 1 nitrogen and oxygen atoms in total. The summed E-state index contributed by atoms with van der Waals surface area (Å²) in [6.45, 7) is 3.63. The predicted molar refractivity (Wildman–Crippen MR) is 53.4 cm³/mol. The van der Waals surface area contributed by atoms with Crippen molar-refractivity contribution in [1.29, 1.82) is 0 Å². The van der Waals surface area contributed by atoms with Gasteiger partial charge in [-0.1, -0.05) is 24.3 Å². The number of nitrogens with one attached hydrogen (secondary N) is 1. The molecule has 1 aromatic rings. The fourth-order valence-corrected chi connectivity index (χ4v) is 1.22. The number of halogens is 1. The van der Waals surface area contributed by atoms with E-state index >= 15 is 0 Å². The van der Waals surface area contributed by atoms with Crippen LogP contribution in [-0.4, -0.2) is 7.05 Å². The molecule has 0 radical (unpaired) electrons. The van der Waals surface area contributed by atoms with Crippen LogP contribution in [0.5, 0.6) is 0 Å². The maximum atomic E-state index is 12.8. The zero-order valence-electron chi connectivity index (χ0n) is 8.34. The summed E-state index contributed by atoms with van der Waals surface area (Å²) in [5.41, 5.74) is 1.93. The molecule has 2 atom stereocenters. The normalized spacial score (nSPS) is 15.4. The second kappa shape index (κ2) is 4.38.